The molecule has 0 radical (unpaired) electrons. The molecular formula is C22H31NO6S. The molecule has 0 N–H and O–H groups in total. The fourth-order valence-electron chi connectivity index (χ4n) is 3.61. The van der Waals surface area contributed by atoms with Gasteiger partial charge >= 0.3 is 11.9 Å². The van der Waals surface area contributed by atoms with E-state index in [4.69, 9.17) is 4.74 Å². The molecule has 1 aliphatic rings. The Hall–Kier alpha value is -2.19. The normalized spacial score (nSPS) is 17.8. The summed E-state index contributed by atoms with van der Waals surface area (Å²) in [6.45, 7) is 2.51. The fourth-order valence-corrected chi connectivity index (χ4v) is 5.54. The van der Waals surface area contributed by atoms with E-state index in [1.165, 1.54) is 43.2 Å². The lowest BCUT2D eigenvalue weighted by atomic mass is 10.0. The Morgan fingerprint density at radius 2 is 1.77 bits per heavy atom. The summed E-state index contributed by atoms with van der Waals surface area (Å²) in [5, 5.41) is 0. The van der Waals surface area contributed by atoms with Crippen LogP contribution in [0.1, 0.15) is 69.0 Å². The fraction of sp³-hybridized carbons (Fsp3) is 0.545. The van der Waals surface area contributed by atoms with Crippen molar-refractivity contribution in [3.63, 3.8) is 0 Å². The topological polar surface area (TPSA) is 90.0 Å². The summed E-state index contributed by atoms with van der Waals surface area (Å²) in [5.41, 5.74) is 1.16. The number of fused-ring (bicyclic) bond motifs is 1. The number of nitrogens with zero attached hydrogens (tertiary/aromatic N) is 1. The molecule has 0 aliphatic carbocycles. The highest BCUT2D eigenvalue weighted by Crippen LogP contribution is 2.42. The van der Waals surface area contributed by atoms with E-state index in [1.54, 1.807) is 12.1 Å². The van der Waals surface area contributed by atoms with Gasteiger partial charge in [-0.05, 0) is 29.7 Å². The Morgan fingerprint density at radius 1 is 1.07 bits per heavy atom. The molecule has 0 fully saturated rings. The maximum absolute atomic E-state index is 13.2. The SMILES string of the molecule is CCCCCCCCN1[C@@H](CC(=O)OC)c2ccc(/C=C/C(=O)OC)cc2S1(=O)=O. The molecule has 8 heteroatoms. The van der Waals surface area contributed by atoms with Crippen molar-refractivity contribution in [3.05, 3.63) is 35.4 Å². The lowest BCUT2D eigenvalue weighted by Gasteiger charge is -2.22. The number of hydrogen-bond acceptors (Lipinski definition) is 6. The molecule has 1 aliphatic heterocycles. The lowest BCUT2D eigenvalue weighted by molar-refractivity contribution is -0.141. The molecule has 7 nitrogen and oxygen atoms in total. The van der Waals surface area contributed by atoms with Crippen LogP contribution in [0.5, 0.6) is 0 Å². The van der Waals surface area contributed by atoms with Crippen LogP contribution in [0.15, 0.2) is 29.2 Å². The van der Waals surface area contributed by atoms with Crippen molar-refractivity contribution in [2.24, 2.45) is 0 Å². The average molecular weight is 438 g/mol. The van der Waals surface area contributed by atoms with E-state index in [-0.39, 0.29) is 11.3 Å². The quantitative estimate of drug-likeness (QED) is 0.297. The molecule has 1 heterocycles. The van der Waals surface area contributed by atoms with Crippen molar-refractivity contribution in [1.82, 2.24) is 4.31 Å². The number of methoxy groups -OCH3 is 2. The molecule has 0 bridgehead atoms. The first-order valence-electron chi connectivity index (χ1n) is 10.3. The van der Waals surface area contributed by atoms with E-state index in [9.17, 15) is 18.0 Å². The number of rotatable bonds is 11. The minimum absolute atomic E-state index is 0.0318. The van der Waals surface area contributed by atoms with Crippen LogP contribution in [0.25, 0.3) is 6.08 Å². The summed E-state index contributed by atoms with van der Waals surface area (Å²) in [7, 11) is -1.17. The van der Waals surface area contributed by atoms with E-state index in [0.29, 0.717) is 17.7 Å². The molecule has 1 aromatic rings. The highest BCUT2D eigenvalue weighted by atomic mass is 32.2. The molecule has 0 saturated carbocycles. The zero-order chi connectivity index (χ0) is 22.1. The molecule has 0 spiro atoms. The molecule has 1 atom stereocenters. The van der Waals surface area contributed by atoms with Crippen molar-refractivity contribution in [3.8, 4) is 0 Å². The van der Waals surface area contributed by atoms with Gasteiger partial charge in [0.05, 0.1) is 31.6 Å². The zero-order valence-electron chi connectivity index (χ0n) is 17.9. The summed E-state index contributed by atoms with van der Waals surface area (Å²) in [4.78, 5) is 23.5. The largest absolute Gasteiger partial charge is 0.469 e. The Morgan fingerprint density at radius 3 is 2.43 bits per heavy atom. The van der Waals surface area contributed by atoms with Gasteiger partial charge in [0.2, 0.25) is 10.0 Å². The van der Waals surface area contributed by atoms with Gasteiger partial charge in [0.1, 0.15) is 0 Å². The highest BCUT2D eigenvalue weighted by Gasteiger charge is 2.43. The molecule has 1 aromatic carbocycles. The van der Waals surface area contributed by atoms with Crippen molar-refractivity contribution in [2.75, 3.05) is 20.8 Å². The Balaban J connectivity index is 2.26. The molecule has 0 aromatic heterocycles. The van der Waals surface area contributed by atoms with E-state index in [1.807, 2.05) is 0 Å². The molecule has 2 rings (SSSR count). The summed E-state index contributed by atoms with van der Waals surface area (Å²) in [5.74, 6) is -0.975. The Labute approximate surface area is 179 Å². The Bertz CT molecular complexity index is 878. The van der Waals surface area contributed by atoms with Gasteiger partial charge in [-0.25, -0.2) is 13.2 Å². The van der Waals surface area contributed by atoms with Gasteiger partial charge in [-0.3, -0.25) is 4.79 Å². The van der Waals surface area contributed by atoms with Crippen LogP contribution >= 0.6 is 0 Å². The molecule has 0 unspecified atom stereocenters. The maximum atomic E-state index is 13.2. The van der Waals surface area contributed by atoms with Crippen LogP contribution in [-0.2, 0) is 29.1 Å². The standard InChI is InChI=1S/C22H31NO6S/c1-4-5-6-7-8-9-14-23-19(16-22(25)29-3)18-12-10-17(11-13-21(24)28-2)15-20(18)30(23,26)27/h10-13,15,19H,4-9,14,16H2,1-3H3/b13-11+/t19-/m0/s1. The first-order valence-corrected chi connectivity index (χ1v) is 11.8. The molecule has 166 valence electrons. The van der Waals surface area contributed by atoms with Gasteiger partial charge in [-0.1, -0.05) is 51.2 Å². The van der Waals surface area contributed by atoms with Crippen LogP contribution in [0.4, 0.5) is 0 Å². The second-order valence-electron chi connectivity index (χ2n) is 7.33. The second-order valence-corrected chi connectivity index (χ2v) is 9.19. The van der Waals surface area contributed by atoms with E-state index >= 15 is 0 Å². The van der Waals surface area contributed by atoms with E-state index in [0.717, 1.165) is 32.1 Å². The minimum atomic E-state index is -3.74. The van der Waals surface area contributed by atoms with Crippen molar-refractivity contribution >= 4 is 28.0 Å². The van der Waals surface area contributed by atoms with Crippen LogP contribution in [0.2, 0.25) is 0 Å². The maximum Gasteiger partial charge on any atom is 0.330 e. The predicted molar refractivity (Wildman–Crippen MR) is 114 cm³/mol. The number of ether oxygens (including phenoxy) is 2. The number of benzene rings is 1. The lowest BCUT2D eigenvalue weighted by Crippen LogP contribution is -2.31. The van der Waals surface area contributed by atoms with Crippen molar-refractivity contribution in [1.29, 1.82) is 0 Å². The number of hydrogen-bond donors (Lipinski definition) is 0. The second kappa shape index (κ2) is 11.3. The summed E-state index contributed by atoms with van der Waals surface area (Å²) < 4.78 is 37.3. The zero-order valence-corrected chi connectivity index (χ0v) is 18.7. The number of carbonyl (C=O) groups is 2. The Kier molecular flexibility index (Phi) is 9.05. The highest BCUT2D eigenvalue weighted by molar-refractivity contribution is 7.89. The average Bonchev–Trinajstić information content (AvgIpc) is 2.94. The summed E-state index contributed by atoms with van der Waals surface area (Å²) in [6, 6.07) is 4.40. The van der Waals surface area contributed by atoms with Gasteiger partial charge in [-0.15, -0.1) is 0 Å². The van der Waals surface area contributed by atoms with Gasteiger partial charge in [-0.2, -0.15) is 4.31 Å². The molecule has 30 heavy (non-hydrogen) atoms. The van der Waals surface area contributed by atoms with E-state index in [2.05, 4.69) is 11.7 Å². The third-order valence-corrected chi connectivity index (χ3v) is 7.23. The van der Waals surface area contributed by atoms with E-state index < -0.39 is 28.0 Å². The first kappa shape index (κ1) is 24.1. The van der Waals surface area contributed by atoms with Gasteiger partial charge < -0.3 is 9.47 Å². The number of unbranched alkanes of at least 4 members (excludes halogenated alkanes) is 5. The number of sulfonamides is 1. The van der Waals surface area contributed by atoms with Crippen molar-refractivity contribution in [2.45, 2.75) is 62.8 Å². The first-order chi connectivity index (χ1) is 14.3. The monoisotopic (exact) mass is 437 g/mol. The van der Waals surface area contributed by atoms with Crippen LogP contribution in [-0.4, -0.2) is 45.4 Å². The summed E-state index contributed by atoms with van der Waals surface area (Å²) >= 11 is 0. The third-order valence-electron chi connectivity index (χ3n) is 5.26. The van der Waals surface area contributed by atoms with Gasteiger partial charge in [0.15, 0.2) is 0 Å². The summed E-state index contributed by atoms with van der Waals surface area (Å²) in [6.07, 6.45) is 8.95. The van der Waals surface area contributed by atoms with Crippen LogP contribution in [0.3, 0.4) is 0 Å². The van der Waals surface area contributed by atoms with Crippen LogP contribution < -0.4 is 0 Å². The smallest absolute Gasteiger partial charge is 0.330 e. The molecule has 0 amide bonds. The third kappa shape index (κ3) is 5.92. The number of esters is 2. The molecule has 0 saturated heterocycles. The minimum Gasteiger partial charge on any atom is -0.469 e. The van der Waals surface area contributed by atoms with Crippen LogP contribution in [0, 0.1) is 0 Å². The predicted octanol–water partition coefficient (Wildman–Crippen LogP) is 3.84. The van der Waals surface area contributed by atoms with Gasteiger partial charge in [0, 0.05) is 12.6 Å². The van der Waals surface area contributed by atoms with Gasteiger partial charge in [0.25, 0.3) is 0 Å². The number of carbonyl (C=O) groups excluding carboxylic acids is 2. The molecular weight excluding hydrogens is 406 g/mol. The van der Waals surface area contributed by atoms with Crippen molar-refractivity contribution < 1.29 is 27.5 Å².